The molecule has 0 aromatic heterocycles. The van der Waals surface area contributed by atoms with Gasteiger partial charge in [-0.1, -0.05) is 36.4 Å². The van der Waals surface area contributed by atoms with Crippen LogP contribution in [-0.2, 0) is 0 Å². The quantitative estimate of drug-likeness (QED) is 0.803. The molecule has 0 atom stereocenters. The minimum atomic E-state index is -0.636. The van der Waals surface area contributed by atoms with Crippen molar-refractivity contribution in [1.29, 1.82) is 0 Å². The third-order valence-corrected chi connectivity index (χ3v) is 4.81. The van der Waals surface area contributed by atoms with Gasteiger partial charge in [-0.2, -0.15) is 0 Å². The fourth-order valence-corrected chi connectivity index (χ4v) is 3.23. The average molecular weight is 374 g/mol. The molecule has 0 amide bonds. The van der Waals surface area contributed by atoms with Crippen molar-refractivity contribution < 1.29 is 13.7 Å². The molecule has 0 spiro atoms. The summed E-state index contributed by atoms with van der Waals surface area (Å²) in [5, 5.41) is 3.36. The van der Waals surface area contributed by atoms with Gasteiger partial charge in [0.25, 0.3) is 0 Å². The molecule has 0 unspecified atom stereocenters. The van der Waals surface area contributed by atoms with E-state index in [1.165, 1.54) is 22.6 Å². The van der Waals surface area contributed by atoms with Gasteiger partial charge in [0.1, 0.15) is 11.6 Å². The van der Waals surface area contributed by atoms with E-state index < -0.39 is 11.6 Å². The highest BCUT2D eigenvalue weighted by atomic mass is 32.1. The molecule has 1 aliphatic heterocycles. The van der Waals surface area contributed by atoms with Crippen LogP contribution in [0.4, 0.5) is 14.5 Å². The van der Waals surface area contributed by atoms with E-state index in [4.69, 9.17) is 12.2 Å². The molecule has 1 heterocycles. The molecule has 1 aliphatic rings. The predicted octanol–water partition coefficient (Wildman–Crippen LogP) is 2.58. The summed E-state index contributed by atoms with van der Waals surface area (Å²) in [5.41, 5.74) is 1.41. The number of nitrogens with one attached hydrogen (secondary N) is 2. The summed E-state index contributed by atoms with van der Waals surface area (Å²) >= 11 is 5.37. The first-order valence-electron chi connectivity index (χ1n) is 8.68. The second-order valence-electron chi connectivity index (χ2n) is 6.31. The lowest BCUT2D eigenvalue weighted by molar-refractivity contribution is -0.897. The zero-order valence-electron chi connectivity index (χ0n) is 14.4. The van der Waals surface area contributed by atoms with Crippen LogP contribution in [0.25, 0.3) is 6.08 Å². The molecule has 0 saturated carbocycles. The van der Waals surface area contributed by atoms with Gasteiger partial charge in [-0.05, 0) is 36.0 Å². The topological polar surface area (TPSA) is 19.7 Å². The Hall–Kier alpha value is -2.31. The summed E-state index contributed by atoms with van der Waals surface area (Å²) in [6, 6.07) is 13.7. The van der Waals surface area contributed by atoms with Crippen LogP contribution in [0.15, 0.2) is 54.6 Å². The largest absolute Gasteiger partial charge is 0.338 e. The van der Waals surface area contributed by atoms with Crippen LogP contribution in [0.1, 0.15) is 5.56 Å². The maximum atomic E-state index is 13.7. The standard InChI is InChI=1S/C20H21F2N3S/c21-17-8-9-19(18(22)15-17)23-20(26)25-13-11-24(12-14-25)10-4-7-16-5-2-1-3-6-16/h1-9,15H,10-14H2,(H,23,26)/p+1/b7-4+. The molecule has 26 heavy (non-hydrogen) atoms. The Kier molecular flexibility index (Phi) is 6.30. The second kappa shape index (κ2) is 8.87. The first-order chi connectivity index (χ1) is 12.6. The van der Waals surface area contributed by atoms with Crippen molar-refractivity contribution in [3.8, 4) is 0 Å². The van der Waals surface area contributed by atoms with Gasteiger partial charge in [0, 0.05) is 6.07 Å². The third-order valence-electron chi connectivity index (χ3n) is 4.45. The van der Waals surface area contributed by atoms with Crippen LogP contribution in [0, 0.1) is 11.6 Å². The lowest BCUT2D eigenvalue weighted by Crippen LogP contribution is -3.14. The summed E-state index contributed by atoms with van der Waals surface area (Å²) < 4.78 is 26.7. The Morgan fingerprint density at radius 2 is 1.85 bits per heavy atom. The number of hydrogen-bond donors (Lipinski definition) is 2. The highest BCUT2D eigenvalue weighted by Crippen LogP contribution is 2.15. The lowest BCUT2D eigenvalue weighted by atomic mass is 10.2. The van der Waals surface area contributed by atoms with Crippen molar-refractivity contribution in [3.63, 3.8) is 0 Å². The Bertz CT molecular complexity index is 772. The molecule has 1 saturated heterocycles. The van der Waals surface area contributed by atoms with Gasteiger partial charge < -0.3 is 15.1 Å². The van der Waals surface area contributed by atoms with Crippen LogP contribution in [0.2, 0.25) is 0 Å². The molecule has 2 N–H and O–H groups in total. The highest BCUT2D eigenvalue weighted by molar-refractivity contribution is 7.80. The van der Waals surface area contributed by atoms with E-state index in [-0.39, 0.29) is 5.69 Å². The first kappa shape index (κ1) is 18.5. The molecule has 3 nitrogen and oxygen atoms in total. The molecular formula is C20H22F2N3S+. The number of nitrogens with zero attached hydrogens (tertiary/aromatic N) is 1. The number of anilines is 1. The second-order valence-corrected chi connectivity index (χ2v) is 6.70. The average Bonchev–Trinajstić information content (AvgIpc) is 2.65. The molecule has 136 valence electrons. The summed E-state index contributed by atoms with van der Waals surface area (Å²) in [5.74, 6) is -1.23. The molecular weight excluding hydrogens is 352 g/mol. The number of quaternary nitrogens is 1. The number of thiocarbonyl (C=S) groups is 1. The van der Waals surface area contributed by atoms with E-state index >= 15 is 0 Å². The fraction of sp³-hybridized carbons (Fsp3) is 0.250. The van der Waals surface area contributed by atoms with Crippen molar-refractivity contribution in [1.82, 2.24) is 4.90 Å². The van der Waals surface area contributed by atoms with Gasteiger partial charge >= 0.3 is 0 Å². The maximum absolute atomic E-state index is 13.7. The number of hydrogen-bond acceptors (Lipinski definition) is 1. The Balaban J connectivity index is 1.45. The van der Waals surface area contributed by atoms with Crippen molar-refractivity contribution in [2.45, 2.75) is 0 Å². The van der Waals surface area contributed by atoms with Crippen molar-refractivity contribution in [3.05, 3.63) is 71.8 Å². The van der Waals surface area contributed by atoms with Crippen molar-refractivity contribution in [2.75, 3.05) is 38.0 Å². The fourth-order valence-electron chi connectivity index (χ4n) is 2.94. The minimum Gasteiger partial charge on any atom is -0.338 e. The summed E-state index contributed by atoms with van der Waals surface area (Å²) in [4.78, 5) is 3.52. The molecule has 6 heteroatoms. The van der Waals surface area contributed by atoms with Crippen LogP contribution >= 0.6 is 12.2 Å². The number of benzene rings is 2. The van der Waals surface area contributed by atoms with E-state index in [0.717, 1.165) is 38.8 Å². The zero-order chi connectivity index (χ0) is 18.4. The lowest BCUT2D eigenvalue weighted by Gasteiger charge is -2.33. The number of piperazine rings is 1. The maximum Gasteiger partial charge on any atom is 0.173 e. The van der Waals surface area contributed by atoms with Crippen LogP contribution in [0.5, 0.6) is 0 Å². The predicted molar refractivity (Wildman–Crippen MR) is 105 cm³/mol. The molecule has 1 fully saturated rings. The zero-order valence-corrected chi connectivity index (χ0v) is 15.2. The number of rotatable bonds is 4. The van der Waals surface area contributed by atoms with E-state index in [0.29, 0.717) is 5.11 Å². The van der Waals surface area contributed by atoms with Gasteiger partial charge in [0.15, 0.2) is 5.11 Å². The van der Waals surface area contributed by atoms with Crippen molar-refractivity contribution in [2.24, 2.45) is 0 Å². The van der Waals surface area contributed by atoms with Gasteiger partial charge in [0.05, 0.1) is 38.4 Å². The van der Waals surface area contributed by atoms with Crippen LogP contribution < -0.4 is 10.2 Å². The van der Waals surface area contributed by atoms with E-state index in [2.05, 4.69) is 29.6 Å². The van der Waals surface area contributed by atoms with Crippen LogP contribution in [0.3, 0.4) is 0 Å². The van der Waals surface area contributed by atoms with Gasteiger partial charge in [-0.25, -0.2) is 8.78 Å². The molecule has 3 rings (SSSR count). The Morgan fingerprint density at radius 3 is 2.54 bits per heavy atom. The van der Waals surface area contributed by atoms with Gasteiger partial charge in [0.2, 0.25) is 0 Å². The molecule has 0 bridgehead atoms. The molecule has 2 aromatic carbocycles. The minimum absolute atomic E-state index is 0.206. The highest BCUT2D eigenvalue weighted by Gasteiger charge is 2.21. The molecule has 0 aliphatic carbocycles. The van der Waals surface area contributed by atoms with Gasteiger partial charge in [-0.15, -0.1) is 0 Å². The third kappa shape index (κ3) is 5.09. The summed E-state index contributed by atoms with van der Waals surface area (Å²) in [6.45, 7) is 4.52. The summed E-state index contributed by atoms with van der Waals surface area (Å²) in [7, 11) is 0. The molecule has 2 aromatic rings. The SMILES string of the molecule is Fc1ccc(NC(=S)N2CC[NH+](C/C=C/c3ccccc3)CC2)c(F)c1. The van der Waals surface area contributed by atoms with Crippen molar-refractivity contribution >= 4 is 29.1 Å². The van der Waals surface area contributed by atoms with Gasteiger partial charge in [-0.3, -0.25) is 0 Å². The van der Waals surface area contributed by atoms with Crippen LogP contribution in [-0.4, -0.2) is 42.7 Å². The van der Waals surface area contributed by atoms with E-state index in [1.54, 1.807) is 0 Å². The molecule has 0 radical (unpaired) electrons. The Morgan fingerprint density at radius 1 is 1.12 bits per heavy atom. The Labute approximate surface area is 157 Å². The number of halogens is 2. The summed E-state index contributed by atoms with van der Waals surface area (Å²) in [6.07, 6.45) is 4.34. The smallest absolute Gasteiger partial charge is 0.173 e. The van der Waals surface area contributed by atoms with E-state index in [1.807, 2.05) is 23.1 Å². The normalized spacial score (nSPS) is 15.4. The monoisotopic (exact) mass is 374 g/mol. The first-order valence-corrected chi connectivity index (χ1v) is 9.09. The van der Waals surface area contributed by atoms with E-state index in [9.17, 15) is 8.78 Å².